The highest BCUT2D eigenvalue weighted by molar-refractivity contribution is 6.03. The van der Waals surface area contributed by atoms with Crippen LogP contribution in [0.4, 0.5) is 0 Å². The molecule has 0 saturated carbocycles. The minimum Gasteiger partial charge on any atom is -0.478 e. The van der Waals surface area contributed by atoms with Crippen molar-refractivity contribution in [3.8, 4) is 0 Å². The summed E-state index contributed by atoms with van der Waals surface area (Å²) in [6.07, 6.45) is 1.95. The van der Waals surface area contributed by atoms with Gasteiger partial charge in [0, 0.05) is 23.6 Å². The lowest BCUT2D eigenvalue weighted by Crippen LogP contribution is -2.01. The van der Waals surface area contributed by atoms with Crippen LogP contribution < -0.4 is 0 Å². The molecule has 0 bridgehead atoms. The fraction of sp³-hybridized carbons (Fsp3) is 0.357. The first-order valence-electron chi connectivity index (χ1n) is 5.90. The zero-order valence-electron chi connectivity index (χ0n) is 10.4. The molecular formula is C14H17NO2. The maximum Gasteiger partial charge on any atom is 0.336 e. The van der Waals surface area contributed by atoms with E-state index in [1.807, 2.05) is 12.3 Å². The van der Waals surface area contributed by atoms with Crippen molar-refractivity contribution in [3.05, 3.63) is 35.5 Å². The van der Waals surface area contributed by atoms with E-state index in [4.69, 9.17) is 0 Å². The molecule has 0 aliphatic heterocycles. The molecule has 0 fully saturated rings. The van der Waals surface area contributed by atoms with E-state index in [2.05, 4.69) is 31.4 Å². The number of carboxylic acid groups (broad SMARTS) is 1. The van der Waals surface area contributed by atoms with Gasteiger partial charge in [-0.3, -0.25) is 0 Å². The number of nitrogens with zero attached hydrogens (tertiary/aromatic N) is 1. The van der Waals surface area contributed by atoms with Gasteiger partial charge in [0.05, 0.1) is 5.56 Å². The lowest BCUT2D eigenvalue weighted by atomic mass is 9.98. The Bertz CT molecular complexity index is 567. The number of aryl methyl sites for hydroxylation is 1. The van der Waals surface area contributed by atoms with Crippen molar-refractivity contribution in [3.63, 3.8) is 0 Å². The van der Waals surface area contributed by atoms with E-state index in [9.17, 15) is 9.90 Å². The minimum absolute atomic E-state index is 0.331. The Morgan fingerprint density at radius 1 is 1.41 bits per heavy atom. The summed E-state index contributed by atoms with van der Waals surface area (Å²) in [5.74, 6) is -0.524. The first-order valence-corrected chi connectivity index (χ1v) is 5.90. The van der Waals surface area contributed by atoms with Crippen LogP contribution in [0.2, 0.25) is 0 Å². The van der Waals surface area contributed by atoms with E-state index >= 15 is 0 Å². The number of carboxylic acids is 1. The van der Waals surface area contributed by atoms with Gasteiger partial charge in [0.15, 0.2) is 0 Å². The molecule has 0 atom stereocenters. The summed E-state index contributed by atoms with van der Waals surface area (Å²) < 4.78 is 2.08. The van der Waals surface area contributed by atoms with Gasteiger partial charge < -0.3 is 9.67 Å². The number of hydrogen-bond acceptors (Lipinski definition) is 1. The Morgan fingerprint density at radius 2 is 2.12 bits per heavy atom. The van der Waals surface area contributed by atoms with Crippen LogP contribution in [0.25, 0.3) is 10.9 Å². The molecule has 90 valence electrons. The molecule has 3 nitrogen and oxygen atoms in total. The Kier molecular flexibility index (Phi) is 2.92. The second kappa shape index (κ2) is 4.24. The highest BCUT2D eigenvalue weighted by Crippen LogP contribution is 2.26. The fourth-order valence-corrected chi connectivity index (χ4v) is 2.10. The van der Waals surface area contributed by atoms with Crippen molar-refractivity contribution < 1.29 is 9.90 Å². The zero-order valence-corrected chi connectivity index (χ0v) is 10.4. The number of benzene rings is 1. The summed E-state index contributed by atoms with van der Waals surface area (Å²) >= 11 is 0. The van der Waals surface area contributed by atoms with Crippen molar-refractivity contribution in [2.45, 2.75) is 33.2 Å². The summed E-state index contributed by atoms with van der Waals surface area (Å²) in [7, 11) is 0. The number of carbonyl (C=O) groups is 1. The van der Waals surface area contributed by atoms with Gasteiger partial charge in [0.2, 0.25) is 0 Å². The van der Waals surface area contributed by atoms with Crippen molar-refractivity contribution in [2.24, 2.45) is 0 Å². The monoisotopic (exact) mass is 231 g/mol. The number of fused-ring (bicyclic) bond motifs is 1. The first kappa shape index (κ1) is 11.7. The van der Waals surface area contributed by atoms with E-state index in [1.54, 1.807) is 6.07 Å². The molecule has 3 heteroatoms. The summed E-state index contributed by atoms with van der Waals surface area (Å²) in [5, 5.41) is 10.1. The van der Waals surface area contributed by atoms with E-state index in [-0.39, 0.29) is 0 Å². The highest BCUT2D eigenvalue weighted by atomic mass is 16.4. The molecule has 0 spiro atoms. The Morgan fingerprint density at radius 3 is 2.65 bits per heavy atom. The molecular weight excluding hydrogens is 214 g/mol. The largest absolute Gasteiger partial charge is 0.478 e. The van der Waals surface area contributed by atoms with Gasteiger partial charge in [-0.2, -0.15) is 0 Å². The van der Waals surface area contributed by atoms with Gasteiger partial charge >= 0.3 is 5.97 Å². The molecule has 0 unspecified atom stereocenters. The third-order valence-electron chi connectivity index (χ3n) is 3.15. The molecule has 0 amide bonds. The van der Waals surface area contributed by atoms with Gasteiger partial charge in [0.25, 0.3) is 0 Å². The molecule has 1 aromatic carbocycles. The van der Waals surface area contributed by atoms with Crippen LogP contribution in [0, 0.1) is 0 Å². The molecule has 0 aliphatic carbocycles. The molecule has 17 heavy (non-hydrogen) atoms. The number of aromatic carboxylic acids is 1. The van der Waals surface area contributed by atoms with Crippen molar-refractivity contribution in [1.29, 1.82) is 0 Å². The molecule has 2 rings (SSSR count). The van der Waals surface area contributed by atoms with Gasteiger partial charge in [-0.1, -0.05) is 13.8 Å². The average Bonchev–Trinajstić information content (AvgIpc) is 2.69. The van der Waals surface area contributed by atoms with Crippen LogP contribution in [-0.2, 0) is 6.54 Å². The predicted octanol–water partition coefficient (Wildman–Crippen LogP) is 3.48. The summed E-state index contributed by atoms with van der Waals surface area (Å²) in [5.41, 5.74) is 2.48. The number of aromatic nitrogens is 1. The standard InChI is InChI=1S/C14H17NO2/c1-4-15-6-5-11-12(14(16)17)7-10(9(2)3)8-13(11)15/h5-9H,4H2,1-3H3,(H,16,17). The van der Waals surface area contributed by atoms with Gasteiger partial charge in [-0.25, -0.2) is 4.79 Å². The second-order valence-corrected chi connectivity index (χ2v) is 4.56. The Labute approximate surface area is 101 Å². The summed E-state index contributed by atoms with van der Waals surface area (Å²) in [4.78, 5) is 11.3. The quantitative estimate of drug-likeness (QED) is 0.878. The van der Waals surface area contributed by atoms with E-state index < -0.39 is 5.97 Å². The van der Waals surface area contributed by atoms with Crippen LogP contribution >= 0.6 is 0 Å². The molecule has 0 aliphatic rings. The second-order valence-electron chi connectivity index (χ2n) is 4.56. The predicted molar refractivity (Wildman–Crippen MR) is 68.7 cm³/mol. The molecule has 0 saturated heterocycles. The minimum atomic E-state index is -0.855. The smallest absolute Gasteiger partial charge is 0.336 e. The van der Waals surface area contributed by atoms with E-state index in [0.717, 1.165) is 23.0 Å². The zero-order chi connectivity index (χ0) is 12.6. The maximum absolute atomic E-state index is 11.3. The molecule has 0 radical (unpaired) electrons. The van der Waals surface area contributed by atoms with Crippen LogP contribution in [0.3, 0.4) is 0 Å². The SMILES string of the molecule is CCn1ccc2c(C(=O)O)cc(C(C)C)cc21. The van der Waals surface area contributed by atoms with Crippen LogP contribution in [-0.4, -0.2) is 15.6 Å². The highest BCUT2D eigenvalue weighted by Gasteiger charge is 2.14. The lowest BCUT2D eigenvalue weighted by Gasteiger charge is -2.10. The molecule has 1 heterocycles. The van der Waals surface area contributed by atoms with Gasteiger partial charge in [-0.05, 0) is 36.6 Å². The first-order chi connectivity index (χ1) is 8.04. The third-order valence-corrected chi connectivity index (χ3v) is 3.15. The lowest BCUT2D eigenvalue weighted by molar-refractivity contribution is 0.0699. The van der Waals surface area contributed by atoms with Crippen molar-refractivity contribution in [1.82, 2.24) is 4.57 Å². The number of hydrogen-bond donors (Lipinski definition) is 1. The van der Waals surface area contributed by atoms with E-state index in [0.29, 0.717) is 11.5 Å². The van der Waals surface area contributed by atoms with Gasteiger partial charge in [0.1, 0.15) is 0 Å². The van der Waals surface area contributed by atoms with Gasteiger partial charge in [-0.15, -0.1) is 0 Å². The fourth-order valence-electron chi connectivity index (χ4n) is 2.10. The number of rotatable bonds is 3. The van der Waals surface area contributed by atoms with Crippen LogP contribution in [0.15, 0.2) is 24.4 Å². The maximum atomic E-state index is 11.3. The average molecular weight is 231 g/mol. The Hall–Kier alpha value is -1.77. The Balaban J connectivity index is 2.78. The molecule has 1 N–H and O–H groups in total. The van der Waals surface area contributed by atoms with Crippen LogP contribution in [0.1, 0.15) is 42.6 Å². The van der Waals surface area contributed by atoms with Crippen LogP contribution in [0.5, 0.6) is 0 Å². The topological polar surface area (TPSA) is 42.2 Å². The normalized spacial score (nSPS) is 11.3. The van der Waals surface area contributed by atoms with Crippen molar-refractivity contribution in [2.75, 3.05) is 0 Å². The van der Waals surface area contributed by atoms with Crippen molar-refractivity contribution >= 4 is 16.9 Å². The summed E-state index contributed by atoms with van der Waals surface area (Å²) in [6.45, 7) is 7.06. The van der Waals surface area contributed by atoms with E-state index in [1.165, 1.54) is 0 Å². The molecule has 2 aromatic rings. The third kappa shape index (κ3) is 1.93. The molecule has 1 aromatic heterocycles. The summed E-state index contributed by atoms with van der Waals surface area (Å²) in [6, 6.07) is 5.76.